The first-order valence-electron chi connectivity index (χ1n) is 17.4. The third-order valence-electron chi connectivity index (χ3n) is 8.71. The van der Waals surface area contributed by atoms with Crippen LogP contribution in [0.4, 0.5) is 17.6 Å². The van der Waals surface area contributed by atoms with Gasteiger partial charge in [-0.3, -0.25) is 14.6 Å². The number of hydrogen-bond donors (Lipinski definition) is 3. The standard InChI is InChI=1S/C39H44F4N4O6S2/c1-24(38(49)46-32(20-40)35(48)27-8-6-26(7-9-27)34-15-14-31(54-34)16-18-44-2)23-53-36(33(21-41)47-39(50)37(42)43)28-10-4-25(5-11-28)29-12-13-30(45-22-29)17-19-55(3,51)52/h4-15,18,22,24,32-33,35-37,48H,16-17,19-21,23H2,1-3H3,(H,46,49)(H,47,50)/t24?,32-,33-,35-,36-/m1/s1. The van der Waals surface area contributed by atoms with Crippen molar-refractivity contribution >= 4 is 39.2 Å². The molecule has 2 amide bonds. The van der Waals surface area contributed by atoms with Gasteiger partial charge < -0.3 is 25.5 Å². The number of aliphatic imine (C=N–C) groups is 1. The zero-order chi connectivity index (χ0) is 40.1. The molecule has 0 aliphatic rings. The van der Waals surface area contributed by atoms with Crippen molar-refractivity contribution in [3.63, 3.8) is 0 Å². The highest BCUT2D eigenvalue weighted by molar-refractivity contribution is 7.90. The molecule has 1 unspecified atom stereocenters. The SMILES string of the molecule is CN=CCc1ccc(-c2ccc([C@@H](O)[C@@H](CF)NC(=O)C(C)CO[C@H](c3ccc(-c4ccc(CCS(C)(=O)=O)nc4)cc3)[C@@H](CF)NC(=O)C(F)F)cc2)s1. The number of halogens is 4. The van der Waals surface area contributed by atoms with E-state index in [2.05, 4.69) is 15.3 Å². The quantitative estimate of drug-likeness (QED) is 0.0744. The zero-order valence-corrected chi connectivity index (χ0v) is 32.1. The van der Waals surface area contributed by atoms with Gasteiger partial charge in [0.1, 0.15) is 35.4 Å². The fourth-order valence-electron chi connectivity index (χ4n) is 5.54. The normalized spacial score (nSPS) is 14.7. The van der Waals surface area contributed by atoms with E-state index >= 15 is 0 Å². The first-order chi connectivity index (χ1) is 26.2. The molecule has 2 aromatic carbocycles. The summed E-state index contributed by atoms with van der Waals surface area (Å²) in [5, 5.41) is 15.4. The van der Waals surface area contributed by atoms with Crippen molar-refractivity contribution in [2.45, 2.75) is 50.5 Å². The van der Waals surface area contributed by atoms with Crippen LogP contribution >= 0.6 is 11.3 Å². The van der Waals surface area contributed by atoms with Gasteiger partial charge in [0.05, 0.1) is 30.4 Å². The summed E-state index contributed by atoms with van der Waals surface area (Å²) in [4.78, 5) is 35.5. The number of rotatable bonds is 20. The van der Waals surface area contributed by atoms with E-state index in [9.17, 15) is 40.7 Å². The minimum atomic E-state index is -3.41. The van der Waals surface area contributed by atoms with Crippen LogP contribution in [0.2, 0.25) is 0 Å². The second kappa shape index (κ2) is 20.4. The molecule has 0 radical (unpaired) electrons. The number of carbonyl (C=O) groups excluding carboxylic acids is 2. The topological polar surface area (TPSA) is 147 Å². The lowest BCUT2D eigenvalue weighted by atomic mass is 9.98. The molecule has 0 saturated carbocycles. The number of ether oxygens (including phenoxy) is 1. The number of aliphatic hydroxyl groups is 1. The van der Waals surface area contributed by atoms with Gasteiger partial charge in [-0.1, -0.05) is 61.5 Å². The highest BCUT2D eigenvalue weighted by atomic mass is 32.2. The van der Waals surface area contributed by atoms with Gasteiger partial charge in [-0.25, -0.2) is 17.2 Å². The summed E-state index contributed by atoms with van der Waals surface area (Å²) in [6.07, 6.45) is -0.624. The molecule has 0 aliphatic heterocycles. The van der Waals surface area contributed by atoms with Crippen LogP contribution in [-0.2, 0) is 37.0 Å². The average Bonchev–Trinajstić information content (AvgIpc) is 3.66. The van der Waals surface area contributed by atoms with Crippen LogP contribution in [0.1, 0.15) is 40.8 Å². The Hall–Kier alpha value is -4.51. The van der Waals surface area contributed by atoms with Crippen LogP contribution < -0.4 is 10.6 Å². The maximum Gasteiger partial charge on any atom is 0.315 e. The second-order valence-corrected chi connectivity index (χ2v) is 16.4. The third-order valence-corrected chi connectivity index (χ3v) is 10.8. The summed E-state index contributed by atoms with van der Waals surface area (Å²) in [6.45, 7) is -1.29. The van der Waals surface area contributed by atoms with E-state index in [1.165, 1.54) is 6.92 Å². The number of nitrogens with zero attached hydrogens (tertiary/aromatic N) is 2. The van der Waals surface area contributed by atoms with Gasteiger partial charge in [0.15, 0.2) is 0 Å². The summed E-state index contributed by atoms with van der Waals surface area (Å²) >= 11 is 1.60. The average molecular weight is 805 g/mol. The maximum absolute atomic E-state index is 14.3. The van der Waals surface area contributed by atoms with Crippen LogP contribution in [0, 0.1) is 5.92 Å². The van der Waals surface area contributed by atoms with Crippen LogP contribution in [0.25, 0.3) is 21.6 Å². The number of aryl methyl sites for hydroxylation is 1. The Labute approximate surface area is 322 Å². The Morgan fingerprint density at radius 3 is 2.09 bits per heavy atom. The van der Waals surface area contributed by atoms with Gasteiger partial charge in [-0.05, 0) is 40.5 Å². The molecule has 0 fully saturated rings. The fraction of sp³-hybridized carbons (Fsp3) is 0.385. The van der Waals surface area contributed by atoms with Gasteiger partial charge in [-0.15, -0.1) is 11.3 Å². The Balaban J connectivity index is 1.43. The molecule has 55 heavy (non-hydrogen) atoms. The Bertz CT molecular complexity index is 1980. The number of sulfone groups is 1. The minimum Gasteiger partial charge on any atom is -0.386 e. The molecule has 0 bridgehead atoms. The molecule has 16 heteroatoms. The van der Waals surface area contributed by atoms with Crippen molar-refractivity contribution in [3.05, 3.63) is 101 Å². The van der Waals surface area contributed by atoms with Crippen molar-refractivity contribution in [1.29, 1.82) is 0 Å². The number of aromatic nitrogens is 1. The highest BCUT2D eigenvalue weighted by Crippen LogP contribution is 2.31. The number of nitrogens with one attached hydrogen (secondary N) is 2. The zero-order valence-electron chi connectivity index (χ0n) is 30.5. The molecule has 4 rings (SSSR count). The lowest BCUT2D eigenvalue weighted by Crippen LogP contribution is -2.46. The molecule has 5 atom stereocenters. The number of aliphatic hydroxyl groups excluding tert-OH is 1. The molecule has 0 saturated heterocycles. The number of carbonyl (C=O) groups is 2. The van der Waals surface area contributed by atoms with E-state index in [0.29, 0.717) is 34.4 Å². The molecule has 0 spiro atoms. The smallest absolute Gasteiger partial charge is 0.315 e. The number of thiophene rings is 1. The number of pyridine rings is 1. The summed E-state index contributed by atoms with van der Waals surface area (Å²) in [5.41, 5.74) is 3.54. The van der Waals surface area contributed by atoms with Gasteiger partial charge in [0, 0.05) is 59.6 Å². The first kappa shape index (κ1) is 43.2. The predicted molar refractivity (Wildman–Crippen MR) is 206 cm³/mol. The molecule has 4 aromatic rings. The van der Waals surface area contributed by atoms with E-state index in [1.807, 2.05) is 23.7 Å². The predicted octanol–water partition coefficient (Wildman–Crippen LogP) is 5.91. The highest BCUT2D eigenvalue weighted by Gasteiger charge is 2.31. The first-order valence-corrected chi connectivity index (χ1v) is 20.2. The molecule has 0 aliphatic carbocycles. The Morgan fingerprint density at radius 2 is 1.51 bits per heavy atom. The fourth-order valence-corrected chi connectivity index (χ4v) is 7.08. The van der Waals surface area contributed by atoms with Crippen molar-refractivity contribution in [2.75, 3.05) is 39.0 Å². The molecule has 2 aromatic heterocycles. The van der Waals surface area contributed by atoms with Crippen molar-refractivity contribution in [2.24, 2.45) is 10.9 Å². The minimum absolute atomic E-state index is 0.0474. The van der Waals surface area contributed by atoms with Gasteiger partial charge in [-0.2, -0.15) is 8.78 Å². The van der Waals surface area contributed by atoms with Crippen molar-refractivity contribution in [1.82, 2.24) is 15.6 Å². The van der Waals surface area contributed by atoms with Gasteiger partial charge in [0.2, 0.25) is 5.91 Å². The van der Waals surface area contributed by atoms with E-state index in [1.54, 1.807) is 85.2 Å². The van der Waals surface area contributed by atoms with Crippen LogP contribution in [-0.4, -0.2) is 94.1 Å². The largest absolute Gasteiger partial charge is 0.386 e. The molecule has 2 heterocycles. The number of amides is 2. The summed E-state index contributed by atoms with van der Waals surface area (Å²) in [5.74, 6) is -3.41. The molecule has 296 valence electrons. The lowest BCUT2D eigenvalue weighted by Gasteiger charge is -2.28. The number of benzene rings is 2. The number of hydrogen-bond acceptors (Lipinski definition) is 9. The van der Waals surface area contributed by atoms with E-state index in [0.717, 1.165) is 21.6 Å². The monoisotopic (exact) mass is 804 g/mol. The van der Waals surface area contributed by atoms with E-state index in [-0.39, 0.29) is 18.8 Å². The van der Waals surface area contributed by atoms with Crippen LogP contribution in [0.3, 0.4) is 0 Å². The summed E-state index contributed by atoms with van der Waals surface area (Å²) < 4.78 is 83.7. The van der Waals surface area contributed by atoms with Crippen LogP contribution in [0.15, 0.2) is 84.0 Å². The molecule has 3 N–H and O–H groups in total. The van der Waals surface area contributed by atoms with Crippen LogP contribution in [0.5, 0.6) is 0 Å². The van der Waals surface area contributed by atoms with Gasteiger partial charge in [0.25, 0.3) is 5.91 Å². The summed E-state index contributed by atoms with van der Waals surface area (Å²) in [7, 11) is -1.45. The lowest BCUT2D eigenvalue weighted by molar-refractivity contribution is -0.135. The number of alkyl halides is 4. The Morgan fingerprint density at radius 1 is 0.891 bits per heavy atom. The molecule has 10 nitrogen and oxygen atoms in total. The second-order valence-electron chi connectivity index (χ2n) is 13.0. The Kier molecular flexibility index (Phi) is 16.0. The molecular formula is C39H44F4N4O6S2. The summed E-state index contributed by atoms with van der Waals surface area (Å²) in [6, 6.07) is 17.9. The van der Waals surface area contributed by atoms with Crippen molar-refractivity contribution in [3.8, 4) is 21.6 Å². The van der Waals surface area contributed by atoms with E-state index in [4.69, 9.17) is 4.74 Å². The molecular weight excluding hydrogens is 761 g/mol. The van der Waals surface area contributed by atoms with E-state index < -0.39 is 71.6 Å². The van der Waals surface area contributed by atoms with Crippen molar-refractivity contribution < 1.29 is 45.4 Å². The maximum atomic E-state index is 14.3. The third kappa shape index (κ3) is 12.8. The van der Waals surface area contributed by atoms with Gasteiger partial charge >= 0.3 is 6.43 Å².